The van der Waals surface area contributed by atoms with Crippen molar-refractivity contribution < 1.29 is 19.7 Å². The van der Waals surface area contributed by atoms with Crippen LogP contribution < -0.4 is 4.74 Å². The maximum atomic E-state index is 11.8. The first-order chi connectivity index (χ1) is 9.03. The molecule has 0 amide bonds. The average Bonchev–Trinajstić information content (AvgIpc) is 2.42. The van der Waals surface area contributed by atoms with Crippen molar-refractivity contribution in [1.82, 2.24) is 0 Å². The van der Waals surface area contributed by atoms with Crippen LogP contribution in [-0.2, 0) is 10.2 Å². The molecule has 1 aromatic carbocycles. The van der Waals surface area contributed by atoms with E-state index < -0.39 is 11.4 Å². The van der Waals surface area contributed by atoms with Crippen LogP contribution in [0.2, 0.25) is 5.02 Å². The van der Waals surface area contributed by atoms with Gasteiger partial charge in [0.1, 0.15) is 0 Å². The molecule has 0 aliphatic heterocycles. The van der Waals surface area contributed by atoms with Crippen molar-refractivity contribution >= 4 is 17.6 Å². The smallest absolute Gasteiger partial charge is 0.314 e. The Morgan fingerprint density at radius 2 is 1.95 bits per heavy atom. The highest BCUT2D eigenvalue weighted by Gasteiger charge is 2.44. The minimum absolute atomic E-state index is 0.164. The summed E-state index contributed by atoms with van der Waals surface area (Å²) in [7, 11) is 1.41. The lowest BCUT2D eigenvalue weighted by Crippen LogP contribution is -2.38. The minimum atomic E-state index is -0.980. The molecule has 1 aliphatic rings. The van der Waals surface area contributed by atoms with Crippen molar-refractivity contribution in [3.63, 3.8) is 0 Å². The maximum absolute atomic E-state index is 11.8. The third kappa shape index (κ3) is 2.25. The van der Waals surface area contributed by atoms with Gasteiger partial charge < -0.3 is 14.9 Å². The lowest BCUT2D eigenvalue weighted by Gasteiger charge is -2.34. The molecule has 1 aromatic rings. The van der Waals surface area contributed by atoms with Crippen LogP contribution in [0.15, 0.2) is 12.1 Å². The predicted molar refractivity (Wildman–Crippen MR) is 72.1 cm³/mol. The Morgan fingerprint density at radius 3 is 2.47 bits per heavy atom. The third-order valence-electron chi connectivity index (χ3n) is 3.92. The third-order valence-corrected chi connectivity index (χ3v) is 4.22. The van der Waals surface area contributed by atoms with Crippen LogP contribution in [0.4, 0.5) is 0 Å². The summed E-state index contributed by atoms with van der Waals surface area (Å²) in [5, 5.41) is 19.8. The fourth-order valence-electron chi connectivity index (χ4n) is 2.88. The van der Waals surface area contributed by atoms with E-state index in [2.05, 4.69) is 0 Å². The van der Waals surface area contributed by atoms with Gasteiger partial charge in [0, 0.05) is 5.56 Å². The molecule has 0 radical (unpaired) electrons. The summed E-state index contributed by atoms with van der Waals surface area (Å²) in [6.45, 7) is 0. The monoisotopic (exact) mass is 284 g/mol. The number of phenolic OH excluding ortho intramolecular Hbond substituents is 1. The van der Waals surface area contributed by atoms with Crippen LogP contribution in [0, 0.1) is 0 Å². The van der Waals surface area contributed by atoms with Gasteiger partial charge in [-0.3, -0.25) is 4.79 Å². The van der Waals surface area contributed by atoms with Crippen molar-refractivity contribution in [3.8, 4) is 11.5 Å². The van der Waals surface area contributed by atoms with Crippen LogP contribution in [0.1, 0.15) is 37.7 Å². The fraction of sp³-hybridized carbons (Fsp3) is 0.500. The summed E-state index contributed by atoms with van der Waals surface area (Å²) >= 11 is 5.85. The number of aromatic hydroxyl groups is 1. The fourth-order valence-corrected chi connectivity index (χ4v) is 3.03. The van der Waals surface area contributed by atoms with Gasteiger partial charge in [-0.25, -0.2) is 0 Å². The van der Waals surface area contributed by atoms with E-state index in [1.54, 1.807) is 6.07 Å². The average molecular weight is 285 g/mol. The van der Waals surface area contributed by atoms with E-state index in [1.807, 2.05) is 0 Å². The summed E-state index contributed by atoms with van der Waals surface area (Å²) in [5.74, 6) is -0.878. The summed E-state index contributed by atoms with van der Waals surface area (Å²) < 4.78 is 5.19. The Morgan fingerprint density at radius 1 is 1.32 bits per heavy atom. The Hall–Kier alpha value is -1.42. The van der Waals surface area contributed by atoms with Crippen LogP contribution in [0.3, 0.4) is 0 Å². The van der Waals surface area contributed by atoms with Crippen LogP contribution in [0.5, 0.6) is 11.5 Å². The van der Waals surface area contributed by atoms with E-state index in [1.165, 1.54) is 13.2 Å². The number of benzene rings is 1. The molecule has 0 saturated heterocycles. The molecule has 0 atom stereocenters. The Labute approximate surface area is 117 Å². The van der Waals surface area contributed by atoms with E-state index in [-0.39, 0.29) is 16.5 Å². The van der Waals surface area contributed by atoms with Gasteiger partial charge in [0.15, 0.2) is 11.5 Å². The lowest BCUT2D eigenvalue weighted by molar-refractivity contribution is -0.145. The van der Waals surface area contributed by atoms with Crippen molar-refractivity contribution in [2.24, 2.45) is 0 Å². The second-order valence-corrected chi connectivity index (χ2v) is 5.33. The van der Waals surface area contributed by atoms with Gasteiger partial charge in [-0.1, -0.05) is 36.9 Å². The summed E-state index contributed by atoms with van der Waals surface area (Å²) in [6.07, 6.45) is 3.87. The van der Waals surface area contributed by atoms with E-state index in [0.717, 1.165) is 19.3 Å². The van der Waals surface area contributed by atoms with Gasteiger partial charge in [-0.2, -0.15) is 0 Å². The highest BCUT2D eigenvalue weighted by atomic mass is 35.5. The van der Waals surface area contributed by atoms with E-state index in [0.29, 0.717) is 18.4 Å². The molecule has 1 fully saturated rings. The van der Waals surface area contributed by atoms with E-state index in [4.69, 9.17) is 16.3 Å². The number of hydrogen-bond donors (Lipinski definition) is 2. The molecule has 2 N–H and O–H groups in total. The van der Waals surface area contributed by atoms with Crippen LogP contribution in [-0.4, -0.2) is 23.3 Å². The molecular formula is C14H17ClO4. The molecule has 104 valence electrons. The Balaban J connectivity index is 2.60. The number of methoxy groups -OCH3 is 1. The van der Waals surface area contributed by atoms with Crippen molar-refractivity contribution in [2.45, 2.75) is 37.5 Å². The van der Waals surface area contributed by atoms with Gasteiger partial charge in [0.25, 0.3) is 0 Å². The second-order valence-electron chi connectivity index (χ2n) is 4.92. The lowest BCUT2D eigenvalue weighted by atomic mass is 9.69. The molecule has 5 heteroatoms. The summed E-state index contributed by atoms with van der Waals surface area (Å²) in [5.41, 5.74) is -0.463. The number of halogens is 1. The van der Waals surface area contributed by atoms with Crippen molar-refractivity contribution in [2.75, 3.05) is 7.11 Å². The summed E-state index contributed by atoms with van der Waals surface area (Å²) in [4.78, 5) is 11.8. The number of carbonyl (C=O) groups is 1. The zero-order chi connectivity index (χ0) is 14.0. The Bertz CT molecular complexity index is 492. The molecule has 0 unspecified atom stereocenters. The van der Waals surface area contributed by atoms with Gasteiger partial charge in [0.05, 0.1) is 17.5 Å². The molecule has 0 bridgehead atoms. The normalized spacial score (nSPS) is 18.0. The molecule has 0 spiro atoms. The largest absolute Gasteiger partial charge is 0.503 e. The first kappa shape index (κ1) is 14.0. The molecular weight excluding hydrogens is 268 g/mol. The SMILES string of the molecule is COc1c(C2(C(=O)O)CCCCC2)ccc(Cl)c1O. The Kier molecular flexibility index (Phi) is 3.90. The number of hydrogen-bond acceptors (Lipinski definition) is 3. The maximum Gasteiger partial charge on any atom is 0.314 e. The van der Waals surface area contributed by atoms with Gasteiger partial charge in [-0.15, -0.1) is 0 Å². The second kappa shape index (κ2) is 5.29. The molecule has 0 aromatic heterocycles. The predicted octanol–water partition coefficient (Wildman–Crippen LogP) is 3.34. The first-order valence-electron chi connectivity index (χ1n) is 6.32. The van der Waals surface area contributed by atoms with Gasteiger partial charge in [0.2, 0.25) is 0 Å². The van der Waals surface area contributed by atoms with Gasteiger partial charge in [-0.05, 0) is 18.9 Å². The van der Waals surface area contributed by atoms with Crippen LogP contribution in [0.25, 0.3) is 0 Å². The zero-order valence-electron chi connectivity index (χ0n) is 10.8. The first-order valence-corrected chi connectivity index (χ1v) is 6.70. The van der Waals surface area contributed by atoms with E-state index >= 15 is 0 Å². The zero-order valence-corrected chi connectivity index (χ0v) is 11.5. The quantitative estimate of drug-likeness (QED) is 0.893. The molecule has 19 heavy (non-hydrogen) atoms. The molecule has 2 rings (SSSR count). The standard InChI is InChI=1S/C14H17ClO4/c1-19-12-9(5-6-10(15)11(12)16)14(13(17)18)7-3-2-4-8-14/h5-6,16H,2-4,7-8H2,1H3,(H,17,18). The number of phenols is 1. The molecule has 1 aliphatic carbocycles. The van der Waals surface area contributed by atoms with Crippen LogP contribution >= 0.6 is 11.6 Å². The molecule has 4 nitrogen and oxygen atoms in total. The van der Waals surface area contributed by atoms with E-state index in [9.17, 15) is 15.0 Å². The topological polar surface area (TPSA) is 66.8 Å². The van der Waals surface area contributed by atoms with Crippen molar-refractivity contribution in [3.05, 3.63) is 22.7 Å². The van der Waals surface area contributed by atoms with Gasteiger partial charge >= 0.3 is 5.97 Å². The van der Waals surface area contributed by atoms with Crippen molar-refractivity contribution in [1.29, 1.82) is 0 Å². The molecule has 1 saturated carbocycles. The highest BCUT2D eigenvalue weighted by Crippen LogP contribution is 2.48. The summed E-state index contributed by atoms with van der Waals surface area (Å²) in [6, 6.07) is 3.17. The number of aliphatic carboxylic acids is 1. The number of carboxylic acid groups (broad SMARTS) is 1. The number of ether oxygens (including phenoxy) is 1. The minimum Gasteiger partial charge on any atom is -0.503 e. The number of rotatable bonds is 3. The molecule has 0 heterocycles. The number of carboxylic acids is 1. The highest BCUT2D eigenvalue weighted by molar-refractivity contribution is 6.32.